The summed E-state index contributed by atoms with van der Waals surface area (Å²) in [5, 5.41) is 10.5. The Balaban J connectivity index is 1.85. The molecule has 1 aromatic heterocycles. The minimum absolute atomic E-state index is 0.433. The van der Waals surface area contributed by atoms with Gasteiger partial charge in [0.25, 0.3) is 0 Å². The van der Waals surface area contributed by atoms with Crippen molar-refractivity contribution in [2.45, 2.75) is 57.5 Å². The van der Waals surface area contributed by atoms with Crippen LogP contribution >= 0.6 is 0 Å². The van der Waals surface area contributed by atoms with Gasteiger partial charge in [0.1, 0.15) is 5.82 Å². The molecule has 0 saturated heterocycles. The Morgan fingerprint density at radius 2 is 2.18 bits per heavy atom. The monoisotopic (exact) mass is 236 g/mol. The van der Waals surface area contributed by atoms with E-state index in [2.05, 4.69) is 11.9 Å². The summed E-state index contributed by atoms with van der Waals surface area (Å²) in [6.45, 7) is 2.25. The van der Waals surface area contributed by atoms with E-state index in [0.717, 1.165) is 37.4 Å². The van der Waals surface area contributed by atoms with Gasteiger partial charge in [-0.3, -0.25) is 0 Å². The predicted molar refractivity (Wildman–Crippen MR) is 68.7 cm³/mol. The van der Waals surface area contributed by atoms with E-state index in [-0.39, 0.29) is 0 Å². The van der Waals surface area contributed by atoms with E-state index in [1.165, 1.54) is 19.3 Å². The SMILES string of the molecule is CCC1CCC(O)(CCc2nccn2C)CC1. The van der Waals surface area contributed by atoms with E-state index in [1.54, 1.807) is 0 Å². The van der Waals surface area contributed by atoms with E-state index in [4.69, 9.17) is 0 Å². The molecule has 1 aliphatic rings. The molecule has 3 heteroatoms. The van der Waals surface area contributed by atoms with Crippen LogP contribution in [-0.2, 0) is 13.5 Å². The molecule has 1 fully saturated rings. The molecule has 0 unspecified atom stereocenters. The second-order valence-electron chi connectivity index (χ2n) is 5.53. The molecule has 0 atom stereocenters. The van der Waals surface area contributed by atoms with Crippen molar-refractivity contribution in [1.29, 1.82) is 0 Å². The summed E-state index contributed by atoms with van der Waals surface area (Å²) >= 11 is 0. The average molecular weight is 236 g/mol. The van der Waals surface area contributed by atoms with Crippen molar-refractivity contribution in [3.63, 3.8) is 0 Å². The molecule has 2 rings (SSSR count). The molecule has 0 spiro atoms. The molecule has 1 heterocycles. The first-order valence-corrected chi connectivity index (χ1v) is 6.81. The Labute approximate surface area is 104 Å². The largest absolute Gasteiger partial charge is 0.390 e. The summed E-state index contributed by atoms with van der Waals surface area (Å²) in [7, 11) is 2.01. The van der Waals surface area contributed by atoms with Crippen molar-refractivity contribution < 1.29 is 5.11 Å². The first kappa shape index (κ1) is 12.6. The van der Waals surface area contributed by atoms with Gasteiger partial charge in [0.05, 0.1) is 5.60 Å². The summed E-state index contributed by atoms with van der Waals surface area (Å²) < 4.78 is 2.04. The fourth-order valence-electron chi connectivity index (χ4n) is 2.86. The highest BCUT2D eigenvalue weighted by Crippen LogP contribution is 2.36. The molecule has 96 valence electrons. The highest BCUT2D eigenvalue weighted by molar-refractivity contribution is 4.95. The number of nitrogens with zero attached hydrogens (tertiary/aromatic N) is 2. The van der Waals surface area contributed by atoms with E-state index in [0.29, 0.717) is 0 Å². The number of aliphatic hydroxyl groups is 1. The lowest BCUT2D eigenvalue weighted by molar-refractivity contribution is -0.0170. The number of hydrogen-bond donors (Lipinski definition) is 1. The minimum atomic E-state index is -0.433. The Morgan fingerprint density at radius 3 is 2.71 bits per heavy atom. The number of hydrogen-bond acceptors (Lipinski definition) is 2. The molecular weight excluding hydrogens is 212 g/mol. The Morgan fingerprint density at radius 1 is 1.47 bits per heavy atom. The number of aromatic nitrogens is 2. The van der Waals surface area contributed by atoms with Crippen LogP contribution in [0.25, 0.3) is 0 Å². The maximum atomic E-state index is 10.5. The summed E-state index contributed by atoms with van der Waals surface area (Å²) in [5.41, 5.74) is -0.433. The topological polar surface area (TPSA) is 38.1 Å². The zero-order valence-electron chi connectivity index (χ0n) is 11.0. The molecule has 1 aliphatic carbocycles. The van der Waals surface area contributed by atoms with E-state index < -0.39 is 5.60 Å². The maximum Gasteiger partial charge on any atom is 0.108 e. The molecule has 0 amide bonds. The molecule has 0 aromatic carbocycles. The van der Waals surface area contributed by atoms with Crippen molar-refractivity contribution in [3.8, 4) is 0 Å². The van der Waals surface area contributed by atoms with Crippen molar-refractivity contribution in [2.24, 2.45) is 13.0 Å². The number of rotatable bonds is 4. The van der Waals surface area contributed by atoms with Crippen LogP contribution in [0.5, 0.6) is 0 Å². The summed E-state index contributed by atoms with van der Waals surface area (Å²) in [6.07, 6.45) is 11.1. The first-order chi connectivity index (χ1) is 8.13. The summed E-state index contributed by atoms with van der Waals surface area (Å²) in [5.74, 6) is 1.92. The van der Waals surface area contributed by atoms with Crippen LogP contribution in [0.2, 0.25) is 0 Å². The third-order valence-electron chi connectivity index (χ3n) is 4.35. The van der Waals surface area contributed by atoms with Gasteiger partial charge in [-0.25, -0.2) is 4.98 Å². The van der Waals surface area contributed by atoms with Gasteiger partial charge in [-0.05, 0) is 38.0 Å². The van der Waals surface area contributed by atoms with Crippen molar-refractivity contribution in [3.05, 3.63) is 18.2 Å². The van der Waals surface area contributed by atoms with Crippen LogP contribution in [0.1, 0.15) is 51.3 Å². The lowest BCUT2D eigenvalue weighted by atomic mass is 9.76. The van der Waals surface area contributed by atoms with Gasteiger partial charge in [0, 0.05) is 25.9 Å². The van der Waals surface area contributed by atoms with Crippen LogP contribution in [0.4, 0.5) is 0 Å². The third kappa shape index (κ3) is 3.09. The molecule has 1 saturated carbocycles. The van der Waals surface area contributed by atoms with Gasteiger partial charge in [-0.1, -0.05) is 13.3 Å². The second kappa shape index (κ2) is 5.21. The molecule has 3 nitrogen and oxygen atoms in total. The quantitative estimate of drug-likeness (QED) is 0.873. The maximum absolute atomic E-state index is 10.5. The van der Waals surface area contributed by atoms with Gasteiger partial charge in [0.2, 0.25) is 0 Å². The Hall–Kier alpha value is -0.830. The summed E-state index contributed by atoms with van der Waals surface area (Å²) in [6, 6.07) is 0. The lowest BCUT2D eigenvalue weighted by Gasteiger charge is -2.35. The fraction of sp³-hybridized carbons (Fsp3) is 0.786. The molecule has 17 heavy (non-hydrogen) atoms. The van der Waals surface area contributed by atoms with E-state index in [1.807, 2.05) is 24.0 Å². The fourth-order valence-corrected chi connectivity index (χ4v) is 2.86. The smallest absolute Gasteiger partial charge is 0.108 e. The van der Waals surface area contributed by atoms with Crippen LogP contribution in [0, 0.1) is 5.92 Å². The minimum Gasteiger partial charge on any atom is -0.390 e. The van der Waals surface area contributed by atoms with Crippen molar-refractivity contribution in [2.75, 3.05) is 0 Å². The molecule has 0 aliphatic heterocycles. The van der Waals surface area contributed by atoms with Gasteiger partial charge in [-0.2, -0.15) is 0 Å². The lowest BCUT2D eigenvalue weighted by Crippen LogP contribution is -2.34. The first-order valence-electron chi connectivity index (χ1n) is 6.81. The van der Waals surface area contributed by atoms with Crippen molar-refractivity contribution in [1.82, 2.24) is 9.55 Å². The van der Waals surface area contributed by atoms with E-state index >= 15 is 0 Å². The molecule has 0 bridgehead atoms. The Bertz CT molecular complexity index is 351. The third-order valence-corrected chi connectivity index (χ3v) is 4.35. The normalized spacial score (nSPS) is 29.5. The highest BCUT2D eigenvalue weighted by atomic mass is 16.3. The standard InChI is InChI=1S/C14H24N2O/c1-3-12-4-7-14(17,8-5-12)9-6-13-15-10-11-16(13)2/h10-12,17H,3-9H2,1-2H3. The summed E-state index contributed by atoms with van der Waals surface area (Å²) in [4.78, 5) is 4.31. The highest BCUT2D eigenvalue weighted by Gasteiger charge is 2.32. The molecule has 1 aromatic rings. The number of aryl methyl sites for hydroxylation is 2. The van der Waals surface area contributed by atoms with E-state index in [9.17, 15) is 5.11 Å². The van der Waals surface area contributed by atoms with Gasteiger partial charge in [-0.15, -0.1) is 0 Å². The second-order valence-corrected chi connectivity index (χ2v) is 5.53. The van der Waals surface area contributed by atoms with Crippen LogP contribution in [-0.4, -0.2) is 20.3 Å². The Kier molecular flexibility index (Phi) is 3.87. The zero-order valence-corrected chi connectivity index (χ0v) is 11.0. The zero-order chi connectivity index (χ0) is 12.3. The van der Waals surface area contributed by atoms with Crippen LogP contribution < -0.4 is 0 Å². The van der Waals surface area contributed by atoms with Gasteiger partial charge < -0.3 is 9.67 Å². The van der Waals surface area contributed by atoms with Crippen LogP contribution in [0.3, 0.4) is 0 Å². The molecule has 1 N–H and O–H groups in total. The average Bonchev–Trinajstić information content (AvgIpc) is 2.74. The molecular formula is C14H24N2O. The predicted octanol–water partition coefficient (Wildman–Crippen LogP) is 2.68. The molecule has 0 radical (unpaired) electrons. The van der Waals surface area contributed by atoms with Gasteiger partial charge >= 0.3 is 0 Å². The number of imidazole rings is 1. The van der Waals surface area contributed by atoms with Crippen molar-refractivity contribution >= 4 is 0 Å². The van der Waals surface area contributed by atoms with Crippen LogP contribution in [0.15, 0.2) is 12.4 Å². The van der Waals surface area contributed by atoms with Gasteiger partial charge in [0.15, 0.2) is 0 Å².